The van der Waals surface area contributed by atoms with Gasteiger partial charge < -0.3 is 15.8 Å². The molecule has 2 rings (SSSR count). The highest BCUT2D eigenvalue weighted by atomic mass is 16.5. The zero-order chi connectivity index (χ0) is 16.9. The maximum absolute atomic E-state index is 12.5. The monoisotopic (exact) mass is 313 g/mol. The lowest BCUT2D eigenvalue weighted by atomic mass is 9.88. The largest absolute Gasteiger partial charge is 0.457 e. The first-order valence-corrected chi connectivity index (χ1v) is 7.65. The van der Waals surface area contributed by atoms with E-state index in [9.17, 15) is 4.79 Å². The highest BCUT2D eigenvalue weighted by molar-refractivity contribution is 5.95. The molecule has 0 saturated heterocycles. The summed E-state index contributed by atoms with van der Waals surface area (Å²) in [7, 11) is 0. The molecule has 23 heavy (non-hydrogen) atoms. The normalized spacial score (nSPS) is 13.4. The topological polar surface area (TPSA) is 77.2 Å². The van der Waals surface area contributed by atoms with E-state index in [1.54, 1.807) is 42.7 Å². The predicted molar refractivity (Wildman–Crippen MR) is 90.5 cm³/mol. The summed E-state index contributed by atoms with van der Waals surface area (Å²) in [6, 6.07) is 10.6. The molecule has 1 aromatic heterocycles. The van der Waals surface area contributed by atoms with Crippen molar-refractivity contribution in [2.45, 2.75) is 26.3 Å². The Morgan fingerprint density at radius 1 is 1.26 bits per heavy atom. The third-order valence-corrected chi connectivity index (χ3v) is 4.08. The molecule has 0 fully saturated rings. The molecule has 5 nitrogen and oxygen atoms in total. The molecule has 1 amide bonds. The Morgan fingerprint density at radius 2 is 1.96 bits per heavy atom. The number of carbonyl (C=O) groups excluding carboxylic acids is 1. The Morgan fingerprint density at radius 3 is 2.57 bits per heavy atom. The van der Waals surface area contributed by atoms with Crippen LogP contribution in [-0.4, -0.2) is 23.0 Å². The van der Waals surface area contributed by atoms with Crippen molar-refractivity contribution in [3.8, 4) is 11.5 Å². The van der Waals surface area contributed by atoms with Crippen LogP contribution in [0.1, 0.15) is 31.1 Å². The van der Waals surface area contributed by atoms with E-state index < -0.39 is 5.54 Å². The molecule has 1 heterocycles. The highest BCUT2D eigenvalue weighted by Gasteiger charge is 2.28. The van der Waals surface area contributed by atoms with E-state index in [2.05, 4.69) is 10.3 Å². The number of rotatable bonds is 6. The van der Waals surface area contributed by atoms with Crippen LogP contribution >= 0.6 is 0 Å². The van der Waals surface area contributed by atoms with Gasteiger partial charge in [-0.1, -0.05) is 19.9 Å². The fourth-order valence-corrected chi connectivity index (χ4v) is 2.01. The Bertz CT molecular complexity index is 658. The highest BCUT2D eigenvalue weighted by Crippen LogP contribution is 2.22. The van der Waals surface area contributed by atoms with E-state index in [0.29, 0.717) is 23.6 Å². The summed E-state index contributed by atoms with van der Waals surface area (Å²) >= 11 is 0. The number of carbonyl (C=O) groups is 1. The van der Waals surface area contributed by atoms with Crippen LogP contribution < -0.4 is 15.8 Å². The summed E-state index contributed by atoms with van der Waals surface area (Å²) in [4.78, 5) is 16.4. The Kier molecular flexibility index (Phi) is 5.34. The van der Waals surface area contributed by atoms with Crippen LogP contribution in [0.4, 0.5) is 0 Å². The van der Waals surface area contributed by atoms with Crippen LogP contribution in [-0.2, 0) is 0 Å². The Balaban J connectivity index is 2.14. The number of ether oxygens (including phenoxy) is 1. The first kappa shape index (κ1) is 17.0. The molecule has 1 unspecified atom stereocenters. The number of amides is 1. The average Bonchev–Trinajstić information content (AvgIpc) is 2.55. The molecule has 1 aromatic carbocycles. The van der Waals surface area contributed by atoms with Gasteiger partial charge in [0.25, 0.3) is 5.91 Å². The van der Waals surface area contributed by atoms with Gasteiger partial charge in [0.15, 0.2) is 0 Å². The fourth-order valence-electron chi connectivity index (χ4n) is 2.01. The van der Waals surface area contributed by atoms with E-state index in [1.807, 2.05) is 26.8 Å². The number of pyridine rings is 1. The van der Waals surface area contributed by atoms with Gasteiger partial charge >= 0.3 is 0 Å². The second-order valence-corrected chi connectivity index (χ2v) is 6.04. The molecule has 5 heteroatoms. The van der Waals surface area contributed by atoms with Gasteiger partial charge in [-0.15, -0.1) is 0 Å². The second kappa shape index (κ2) is 7.24. The van der Waals surface area contributed by atoms with Crippen molar-refractivity contribution >= 4 is 5.91 Å². The first-order valence-electron chi connectivity index (χ1n) is 7.65. The van der Waals surface area contributed by atoms with E-state index >= 15 is 0 Å². The van der Waals surface area contributed by atoms with Gasteiger partial charge in [-0.2, -0.15) is 0 Å². The van der Waals surface area contributed by atoms with Crippen LogP contribution in [0.2, 0.25) is 0 Å². The quantitative estimate of drug-likeness (QED) is 0.859. The molecule has 1 atom stereocenters. The van der Waals surface area contributed by atoms with Crippen LogP contribution in [0.15, 0.2) is 48.8 Å². The smallest absolute Gasteiger partial charge is 0.251 e. The molecule has 0 aliphatic heterocycles. The average molecular weight is 313 g/mol. The van der Waals surface area contributed by atoms with Crippen LogP contribution in [0.3, 0.4) is 0 Å². The molecule has 0 bridgehead atoms. The molecular weight excluding hydrogens is 290 g/mol. The number of aromatic nitrogens is 1. The molecule has 0 spiro atoms. The zero-order valence-corrected chi connectivity index (χ0v) is 13.7. The van der Waals surface area contributed by atoms with Crippen LogP contribution in [0.5, 0.6) is 11.5 Å². The lowest BCUT2D eigenvalue weighted by molar-refractivity contribution is 0.0883. The predicted octanol–water partition coefficient (Wildman–Crippen LogP) is 2.98. The number of nitrogens with zero attached hydrogens (tertiary/aromatic N) is 1. The van der Waals surface area contributed by atoms with E-state index in [0.717, 1.165) is 0 Å². The number of nitrogens with two attached hydrogens (primary N) is 1. The van der Waals surface area contributed by atoms with Gasteiger partial charge in [-0.05, 0) is 43.2 Å². The number of nitrogens with one attached hydrogen (secondary N) is 1. The SMILES string of the molecule is CC(C)C(C)(CN)NC(=O)c1cccc(Oc2ccncc2)c1. The molecule has 3 N–H and O–H groups in total. The van der Waals surface area contributed by atoms with Gasteiger partial charge in [-0.25, -0.2) is 0 Å². The van der Waals surface area contributed by atoms with Crippen molar-refractivity contribution < 1.29 is 9.53 Å². The lowest BCUT2D eigenvalue weighted by Gasteiger charge is -2.33. The van der Waals surface area contributed by atoms with Crippen LogP contribution in [0.25, 0.3) is 0 Å². The van der Waals surface area contributed by atoms with Gasteiger partial charge in [-0.3, -0.25) is 9.78 Å². The number of hydrogen-bond acceptors (Lipinski definition) is 4. The van der Waals surface area contributed by atoms with Gasteiger partial charge in [0.05, 0.1) is 5.54 Å². The van der Waals surface area contributed by atoms with Crippen molar-refractivity contribution in [1.29, 1.82) is 0 Å². The van der Waals surface area contributed by atoms with Crippen molar-refractivity contribution in [2.24, 2.45) is 11.7 Å². The maximum atomic E-state index is 12.5. The summed E-state index contributed by atoms with van der Waals surface area (Å²) < 4.78 is 5.73. The number of hydrogen-bond donors (Lipinski definition) is 2. The zero-order valence-electron chi connectivity index (χ0n) is 13.7. The van der Waals surface area contributed by atoms with E-state index in [4.69, 9.17) is 10.5 Å². The lowest BCUT2D eigenvalue weighted by Crippen LogP contribution is -2.55. The molecule has 2 aromatic rings. The summed E-state index contributed by atoms with van der Waals surface area (Å²) in [6.07, 6.45) is 3.31. The van der Waals surface area contributed by atoms with Crippen LogP contribution in [0, 0.1) is 5.92 Å². The molecular formula is C18H23N3O2. The van der Waals surface area contributed by atoms with Gasteiger partial charge in [0.2, 0.25) is 0 Å². The maximum Gasteiger partial charge on any atom is 0.251 e. The number of benzene rings is 1. The second-order valence-electron chi connectivity index (χ2n) is 6.04. The minimum absolute atomic E-state index is 0.160. The third-order valence-electron chi connectivity index (χ3n) is 4.08. The minimum atomic E-state index is -0.445. The van der Waals surface area contributed by atoms with Crippen molar-refractivity contribution in [3.63, 3.8) is 0 Å². The van der Waals surface area contributed by atoms with E-state index in [1.165, 1.54) is 0 Å². The minimum Gasteiger partial charge on any atom is -0.457 e. The van der Waals surface area contributed by atoms with Crippen molar-refractivity contribution in [1.82, 2.24) is 10.3 Å². The van der Waals surface area contributed by atoms with E-state index in [-0.39, 0.29) is 11.8 Å². The molecule has 122 valence electrons. The van der Waals surface area contributed by atoms with Gasteiger partial charge in [0.1, 0.15) is 11.5 Å². The first-order chi connectivity index (χ1) is 10.9. The molecule has 0 radical (unpaired) electrons. The molecule has 0 saturated carbocycles. The Labute approximate surface area is 136 Å². The summed E-state index contributed by atoms with van der Waals surface area (Å²) in [5.74, 6) is 1.34. The third kappa shape index (κ3) is 4.29. The summed E-state index contributed by atoms with van der Waals surface area (Å²) in [5, 5.41) is 3.02. The molecule has 0 aliphatic carbocycles. The van der Waals surface area contributed by atoms with Crippen molar-refractivity contribution in [3.05, 3.63) is 54.4 Å². The summed E-state index contributed by atoms with van der Waals surface area (Å²) in [5.41, 5.74) is 5.91. The molecule has 0 aliphatic rings. The fraction of sp³-hybridized carbons (Fsp3) is 0.333. The Hall–Kier alpha value is -2.40. The standard InChI is InChI=1S/C18H23N3O2/c1-13(2)18(3,12-19)21-17(22)14-5-4-6-16(11-14)23-15-7-9-20-10-8-15/h4-11,13H,12,19H2,1-3H3,(H,21,22). The van der Waals surface area contributed by atoms with Gasteiger partial charge in [0, 0.05) is 24.5 Å². The summed E-state index contributed by atoms with van der Waals surface area (Å²) in [6.45, 7) is 6.41. The van der Waals surface area contributed by atoms with Crippen molar-refractivity contribution in [2.75, 3.05) is 6.54 Å².